The Hall–Kier alpha value is -2.97. The van der Waals surface area contributed by atoms with Gasteiger partial charge in [-0.2, -0.15) is 0 Å². The average molecular weight is 387 g/mol. The average Bonchev–Trinajstić information content (AvgIpc) is 3.27. The quantitative estimate of drug-likeness (QED) is 0.628. The molecule has 0 aromatic carbocycles. The molecule has 150 valence electrons. The van der Waals surface area contributed by atoms with Crippen molar-refractivity contribution in [3.63, 3.8) is 0 Å². The highest BCUT2D eigenvalue weighted by molar-refractivity contribution is 5.86. The van der Waals surface area contributed by atoms with Gasteiger partial charge in [0, 0.05) is 25.9 Å². The van der Waals surface area contributed by atoms with Crippen LogP contribution in [0.4, 0.5) is 0 Å². The van der Waals surface area contributed by atoms with Gasteiger partial charge in [-0.25, -0.2) is 0 Å². The lowest BCUT2D eigenvalue weighted by Crippen LogP contribution is -2.38. The summed E-state index contributed by atoms with van der Waals surface area (Å²) in [5.74, 6) is -0.402. The van der Waals surface area contributed by atoms with Gasteiger partial charge in [0.15, 0.2) is 0 Å². The van der Waals surface area contributed by atoms with Gasteiger partial charge in [-0.3, -0.25) is 24.2 Å². The minimum absolute atomic E-state index is 0.0154. The SMILES string of the molecule is O=C(CN1CCCC1=O)NCc1cccc(CNC(=O)CN2CCCC2=O)n1. The summed E-state index contributed by atoms with van der Waals surface area (Å²) in [6, 6.07) is 5.38. The first-order chi connectivity index (χ1) is 13.5. The molecule has 1 aromatic heterocycles. The molecule has 3 heterocycles. The van der Waals surface area contributed by atoms with E-state index in [0.717, 1.165) is 12.8 Å². The van der Waals surface area contributed by atoms with Crippen LogP contribution in [0, 0.1) is 0 Å². The molecule has 0 spiro atoms. The topological polar surface area (TPSA) is 112 Å². The molecule has 0 atom stereocenters. The molecule has 9 heteroatoms. The van der Waals surface area contributed by atoms with Crippen LogP contribution in [0.5, 0.6) is 0 Å². The Balaban J connectivity index is 1.41. The fourth-order valence-corrected chi connectivity index (χ4v) is 3.31. The molecule has 0 unspecified atom stereocenters. The number of hydrogen-bond acceptors (Lipinski definition) is 5. The zero-order valence-electron chi connectivity index (χ0n) is 15.8. The molecule has 0 radical (unpaired) electrons. The van der Waals surface area contributed by atoms with E-state index in [0.29, 0.717) is 37.3 Å². The maximum atomic E-state index is 12.0. The smallest absolute Gasteiger partial charge is 0.239 e. The van der Waals surface area contributed by atoms with E-state index in [4.69, 9.17) is 0 Å². The second kappa shape index (κ2) is 9.29. The summed E-state index contributed by atoms with van der Waals surface area (Å²) in [6.45, 7) is 1.91. The van der Waals surface area contributed by atoms with Crippen LogP contribution in [0.25, 0.3) is 0 Å². The molecule has 28 heavy (non-hydrogen) atoms. The van der Waals surface area contributed by atoms with Crippen molar-refractivity contribution in [2.75, 3.05) is 26.2 Å². The second-order valence-corrected chi connectivity index (χ2v) is 7.01. The number of carbonyl (C=O) groups is 4. The van der Waals surface area contributed by atoms with E-state index in [1.807, 2.05) is 6.07 Å². The minimum Gasteiger partial charge on any atom is -0.349 e. The number of nitrogens with zero attached hydrogens (tertiary/aromatic N) is 3. The number of pyridine rings is 1. The molecule has 0 bridgehead atoms. The van der Waals surface area contributed by atoms with Crippen LogP contribution in [0.2, 0.25) is 0 Å². The van der Waals surface area contributed by atoms with Gasteiger partial charge in [0.05, 0.1) is 37.6 Å². The lowest BCUT2D eigenvalue weighted by Gasteiger charge is -2.15. The molecule has 2 aliphatic rings. The number of amides is 4. The molecular formula is C19H25N5O4. The van der Waals surface area contributed by atoms with E-state index >= 15 is 0 Å². The summed E-state index contributed by atoms with van der Waals surface area (Å²) in [5, 5.41) is 5.53. The first-order valence-electron chi connectivity index (χ1n) is 9.55. The van der Waals surface area contributed by atoms with Crippen LogP contribution in [-0.4, -0.2) is 64.6 Å². The Morgan fingerprint density at radius 3 is 1.71 bits per heavy atom. The van der Waals surface area contributed by atoms with Crippen molar-refractivity contribution in [1.82, 2.24) is 25.4 Å². The highest BCUT2D eigenvalue weighted by atomic mass is 16.2. The van der Waals surface area contributed by atoms with Crippen molar-refractivity contribution in [3.05, 3.63) is 29.6 Å². The summed E-state index contributed by atoms with van der Waals surface area (Å²) >= 11 is 0. The molecule has 1 aromatic rings. The van der Waals surface area contributed by atoms with Crippen LogP contribution in [-0.2, 0) is 32.3 Å². The summed E-state index contributed by atoms with van der Waals surface area (Å²) in [7, 11) is 0. The van der Waals surface area contributed by atoms with Gasteiger partial charge in [-0.1, -0.05) is 6.07 Å². The van der Waals surface area contributed by atoms with Crippen molar-refractivity contribution in [2.24, 2.45) is 0 Å². The van der Waals surface area contributed by atoms with Crippen molar-refractivity contribution in [2.45, 2.75) is 38.8 Å². The lowest BCUT2D eigenvalue weighted by molar-refractivity contribution is -0.133. The van der Waals surface area contributed by atoms with Gasteiger partial charge < -0.3 is 20.4 Å². The summed E-state index contributed by atoms with van der Waals surface area (Å²) in [6.07, 6.45) is 2.61. The zero-order chi connectivity index (χ0) is 19.9. The number of aromatic nitrogens is 1. The van der Waals surface area contributed by atoms with Crippen LogP contribution < -0.4 is 10.6 Å². The third-order valence-electron chi connectivity index (χ3n) is 4.81. The predicted molar refractivity (Wildman–Crippen MR) is 99.6 cm³/mol. The molecule has 0 aliphatic carbocycles. The van der Waals surface area contributed by atoms with Gasteiger partial charge in [0.1, 0.15) is 0 Å². The Bertz CT molecular complexity index is 707. The normalized spacial score (nSPS) is 16.6. The molecule has 9 nitrogen and oxygen atoms in total. The maximum Gasteiger partial charge on any atom is 0.239 e. The van der Waals surface area contributed by atoms with E-state index in [1.54, 1.807) is 21.9 Å². The molecule has 4 amide bonds. The maximum absolute atomic E-state index is 12.0. The van der Waals surface area contributed by atoms with Crippen LogP contribution in [0.1, 0.15) is 37.1 Å². The summed E-state index contributed by atoms with van der Waals surface area (Å²) < 4.78 is 0. The minimum atomic E-state index is -0.217. The third kappa shape index (κ3) is 5.51. The molecule has 2 fully saturated rings. The second-order valence-electron chi connectivity index (χ2n) is 7.01. The Kier molecular flexibility index (Phi) is 6.57. The van der Waals surface area contributed by atoms with E-state index in [2.05, 4.69) is 15.6 Å². The molecular weight excluding hydrogens is 362 g/mol. The van der Waals surface area contributed by atoms with Crippen molar-refractivity contribution >= 4 is 23.6 Å². The van der Waals surface area contributed by atoms with Crippen molar-refractivity contribution in [1.29, 1.82) is 0 Å². The van der Waals surface area contributed by atoms with Crippen molar-refractivity contribution < 1.29 is 19.2 Å². The first kappa shape index (κ1) is 19.8. The third-order valence-corrected chi connectivity index (χ3v) is 4.81. The highest BCUT2D eigenvalue weighted by Gasteiger charge is 2.23. The molecule has 3 rings (SSSR count). The fraction of sp³-hybridized carbons (Fsp3) is 0.526. The van der Waals surface area contributed by atoms with Gasteiger partial charge in [-0.05, 0) is 25.0 Å². The van der Waals surface area contributed by atoms with Crippen molar-refractivity contribution in [3.8, 4) is 0 Å². The van der Waals surface area contributed by atoms with E-state index in [1.165, 1.54) is 0 Å². The first-order valence-corrected chi connectivity index (χ1v) is 9.55. The van der Waals surface area contributed by atoms with E-state index in [-0.39, 0.29) is 49.8 Å². The van der Waals surface area contributed by atoms with Gasteiger partial charge in [0.25, 0.3) is 0 Å². The molecule has 0 saturated carbocycles. The Morgan fingerprint density at radius 1 is 0.857 bits per heavy atom. The van der Waals surface area contributed by atoms with Crippen LogP contribution in [0.3, 0.4) is 0 Å². The monoisotopic (exact) mass is 387 g/mol. The van der Waals surface area contributed by atoms with Gasteiger partial charge >= 0.3 is 0 Å². The van der Waals surface area contributed by atoms with Gasteiger partial charge in [0.2, 0.25) is 23.6 Å². The van der Waals surface area contributed by atoms with Gasteiger partial charge in [-0.15, -0.1) is 0 Å². The van der Waals surface area contributed by atoms with E-state index < -0.39 is 0 Å². The van der Waals surface area contributed by atoms with E-state index in [9.17, 15) is 19.2 Å². The number of carbonyl (C=O) groups excluding carboxylic acids is 4. The zero-order valence-corrected chi connectivity index (χ0v) is 15.8. The Morgan fingerprint density at radius 2 is 1.32 bits per heavy atom. The standard InChI is InChI=1S/C19H25N5O4/c25-16(12-23-8-2-6-18(23)27)20-10-14-4-1-5-15(22-14)11-21-17(26)13-24-9-3-7-19(24)28/h1,4-5H,2-3,6-13H2,(H,20,25)(H,21,26). The molecule has 2 aliphatic heterocycles. The summed E-state index contributed by atoms with van der Waals surface area (Å²) in [5.41, 5.74) is 1.34. The number of rotatable bonds is 8. The lowest BCUT2D eigenvalue weighted by atomic mass is 10.3. The predicted octanol–water partition coefficient (Wildman–Crippen LogP) is -0.441. The molecule has 2 N–H and O–H groups in total. The largest absolute Gasteiger partial charge is 0.349 e. The number of likely N-dealkylation sites (tertiary alicyclic amines) is 2. The highest BCUT2D eigenvalue weighted by Crippen LogP contribution is 2.09. The number of nitrogens with one attached hydrogen (secondary N) is 2. The molecule has 2 saturated heterocycles. The summed E-state index contributed by atoms with van der Waals surface area (Å²) in [4.78, 5) is 54.6. The number of hydrogen-bond donors (Lipinski definition) is 2. The van der Waals surface area contributed by atoms with Crippen LogP contribution in [0.15, 0.2) is 18.2 Å². The van der Waals surface area contributed by atoms with Crippen LogP contribution >= 0.6 is 0 Å². The Labute approximate surface area is 163 Å². The fourth-order valence-electron chi connectivity index (χ4n) is 3.31.